The van der Waals surface area contributed by atoms with Gasteiger partial charge in [0.1, 0.15) is 0 Å². The number of hydrogen-bond donors (Lipinski definition) is 2. The summed E-state index contributed by atoms with van der Waals surface area (Å²) in [6, 6.07) is 8.08. The van der Waals surface area contributed by atoms with Crippen molar-refractivity contribution in [3.05, 3.63) is 29.8 Å². The summed E-state index contributed by atoms with van der Waals surface area (Å²) in [5, 5.41) is 2.50. The Balaban J connectivity index is 1.48. The van der Waals surface area contributed by atoms with Crippen LogP contribution < -0.4 is 16.0 Å². The lowest BCUT2D eigenvalue weighted by Crippen LogP contribution is -2.53. The zero-order chi connectivity index (χ0) is 19.2. The number of nitrogens with one attached hydrogen (secondary N) is 1. The van der Waals surface area contributed by atoms with Gasteiger partial charge in [-0.25, -0.2) is 0 Å². The van der Waals surface area contributed by atoms with Crippen LogP contribution in [0.3, 0.4) is 0 Å². The van der Waals surface area contributed by atoms with Gasteiger partial charge in [-0.05, 0) is 24.5 Å². The van der Waals surface area contributed by atoms with E-state index >= 15 is 0 Å². The third-order valence-corrected chi connectivity index (χ3v) is 5.12. The predicted molar refractivity (Wildman–Crippen MR) is 102 cm³/mol. The molecule has 1 saturated heterocycles. The van der Waals surface area contributed by atoms with Crippen LogP contribution in [0.1, 0.15) is 12.0 Å². The Morgan fingerprint density at radius 2 is 1.74 bits per heavy atom. The van der Waals surface area contributed by atoms with Crippen LogP contribution in [0.5, 0.6) is 0 Å². The van der Waals surface area contributed by atoms with Gasteiger partial charge in [-0.15, -0.1) is 0 Å². The normalized spacial score (nSPS) is 17.4. The van der Waals surface area contributed by atoms with E-state index in [4.69, 9.17) is 5.73 Å². The van der Waals surface area contributed by atoms with Gasteiger partial charge in [0.2, 0.25) is 17.7 Å². The molecule has 1 fully saturated rings. The highest BCUT2D eigenvalue weighted by Crippen LogP contribution is 2.26. The molecular formula is C19H27N5O3. The Morgan fingerprint density at radius 3 is 2.48 bits per heavy atom. The smallest absolute Gasteiger partial charge is 0.242 e. The predicted octanol–water partition coefficient (Wildman–Crippen LogP) is -0.815. The Bertz CT molecular complexity index is 700. The Morgan fingerprint density at radius 1 is 1.00 bits per heavy atom. The lowest BCUT2D eigenvalue weighted by molar-refractivity contribution is -0.134. The average Bonchev–Trinajstić information content (AvgIpc) is 2.71. The van der Waals surface area contributed by atoms with Gasteiger partial charge < -0.3 is 20.9 Å². The maximum absolute atomic E-state index is 12.8. The average molecular weight is 373 g/mol. The number of carbonyl (C=O) groups is 3. The standard InChI is InChI=1S/C19H27N5O3/c20-12-17(25)21-13-18(26)23-10-8-22(9-11-23)14-19(27)24-7-3-5-15-4-1-2-6-16(15)24/h1-2,4,6H,3,5,7-14,20H2,(H,21,25). The molecule has 0 saturated carbocycles. The number of rotatable bonds is 5. The van der Waals surface area contributed by atoms with Crippen molar-refractivity contribution in [2.24, 2.45) is 5.73 Å². The van der Waals surface area contributed by atoms with Crippen LogP contribution in [-0.2, 0) is 20.8 Å². The van der Waals surface area contributed by atoms with Gasteiger partial charge in [-0.1, -0.05) is 18.2 Å². The van der Waals surface area contributed by atoms with E-state index in [1.165, 1.54) is 5.56 Å². The fraction of sp³-hybridized carbons (Fsp3) is 0.526. The number of benzene rings is 1. The van der Waals surface area contributed by atoms with Crippen LogP contribution in [0, 0.1) is 0 Å². The highest BCUT2D eigenvalue weighted by Gasteiger charge is 2.26. The number of nitrogens with zero attached hydrogens (tertiary/aromatic N) is 3. The summed E-state index contributed by atoms with van der Waals surface area (Å²) in [5.41, 5.74) is 7.47. The molecule has 2 heterocycles. The molecule has 0 unspecified atom stereocenters. The summed E-state index contributed by atoms with van der Waals surface area (Å²) in [6.45, 7) is 3.38. The molecule has 1 aromatic carbocycles. The van der Waals surface area contributed by atoms with E-state index in [-0.39, 0.29) is 30.8 Å². The molecule has 0 aliphatic carbocycles. The van der Waals surface area contributed by atoms with E-state index in [1.807, 2.05) is 23.1 Å². The number of anilines is 1. The quantitative estimate of drug-likeness (QED) is 0.703. The fourth-order valence-corrected chi connectivity index (χ4v) is 3.58. The highest BCUT2D eigenvalue weighted by atomic mass is 16.2. The summed E-state index contributed by atoms with van der Waals surface area (Å²) in [6.07, 6.45) is 2.00. The molecule has 3 amide bonds. The number of amides is 3. The van der Waals surface area contributed by atoms with Crippen molar-refractivity contribution in [3.8, 4) is 0 Å². The molecule has 8 nitrogen and oxygen atoms in total. The largest absolute Gasteiger partial charge is 0.346 e. The number of para-hydroxylation sites is 1. The molecule has 2 aliphatic heterocycles. The Hall–Kier alpha value is -2.45. The van der Waals surface area contributed by atoms with Gasteiger partial charge in [-0.3, -0.25) is 19.3 Å². The number of nitrogens with two attached hydrogens (primary N) is 1. The summed E-state index contributed by atoms with van der Waals surface area (Å²) in [5.74, 6) is -0.348. The molecule has 27 heavy (non-hydrogen) atoms. The zero-order valence-corrected chi connectivity index (χ0v) is 15.5. The molecule has 0 atom stereocenters. The molecule has 0 spiro atoms. The Labute approximate surface area is 159 Å². The molecule has 146 valence electrons. The summed E-state index contributed by atoms with van der Waals surface area (Å²) in [7, 11) is 0. The van der Waals surface area contributed by atoms with E-state index in [0.29, 0.717) is 32.7 Å². The second-order valence-corrected chi connectivity index (χ2v) is 6.92. The van der Waals surface area contributed by atoms with Crippen molar-refractivity contribution >= 4 is 23.4 Å². The molecule has 0 aromatic heterocycles. The van der Waals surface area contributed by atoms with E-state index in [1.54, 1.807) is 4.90 Å². The zero-order valence-electron chi connectivity index (χ0n) is 15.5. The van der Waals surface area contributed by atoms with Crippen molar-refractivity contribution < 1.29 is 14.4 Å². The maximum atomic E-state index is 12.8. The number of carbonyl (C=O) groups excluding carboxylic acids is 3. The molecule has 3 N–H and O–H groups in total. The topological polar surface area (TPSA) is 99.0 Å². The van der Waals surface area contributed by atoms with Crippen molar-refractivity contribution in [1.29, 1.82) is 0 Å². The van der Waals surface area contributed by atoms with Crippen molar-refractivity contribution in [2.75, 3.05) is 57.3 Å². The Kier molecular flexibility index (Phi) is 6.41. The van der Waals surface area contributed by atoms with Crippen LogP contribution in [0.15, 0.2) is 24.3 Å². The molecule has 0 bridgehead atoms. The van der Waals surface area contributed by atoms with Gasteiger partial charge in [0.25, 0.3) is 0 Å². The van der Waals surface area contributed by atoms with E-state index in [0.717, 1.165) is 25.1 Å². The van der Waals surface area contributed by atoms with Crippen molar-refractivity contribution in [2.45, 2.75) is 12.8 Å². The van der Waals surface area contributed by atoms with Crippen LogP contribution in [0.2, 0.25) is 0 Å². The van der Waals surface area contributed by atoms with Gasteiger partial charge in [0, 0.05) is 38.4 Å². The minimum absolute atomic E-state index is 0.0282. The first-order valence-electron chi connectivity index (χ1n) is 9.43. The minimum Gasteiger partial charge on any atom is -0.346 e. The first kappa shape index (κ1) is 19.3. The number of aryl methyl sites for hydroxylation is 1. The molecule has 2 aliphatic rings. The summed E-state index contributed by atoms with van der Waals surface area (Å²) < 4.78 is 0. The van der Waals surface area contributed by atoms with E-state index in [2.05, 4.69) is 16.3 Å². The van der Waals surface area contributed by atoms with Gasteiger partial charge in [-0.2, -0.15) is 0 Å². The third kappa shape index (κ3) is 4.84. The number of fused-ring (bicyclic) bond motifs is 1. The van der Waals surface area contributed by atoms with E-state index < -0.39 is 0 Å². The second-order valence-electron chi connectivity index (χ2n) is 6.92. The second kappa shape index (κ2) is 8.96. The lowest BCUT2D eigenvalue weighted by Gasteiger charge is -2.36. The molecule has 8 heteroatoms. The molecule has 3 rings (SSSR count). The van der Waals surface area contributed by atoms with Crippen molar-refractivity contribution in [3.63, 3.8) is 0 Å². The number of piperazine rings is 1. The monoisotopic (exact) mass is 373 g/mol. The third-order valence-electron chi connectivity index (χ3n) is 5.12. The van der Waals surface area contributed by atoms with Crippen LogP contribution >= 0.6 is 0 Å². The first-order valence-corrected chi connectivity index (χ1v) is 9.43. The van der Waals surface area contributed by atoms with Gasteiger partial charge in [0.15, 0.2) is 0 Å². The minimum atomic E-state index is -0.339. The van der Waals surface area contributed by atoms with Crippen LogP contribution in [-0.4, -0.2) is 79.9 Å². The molecule has 1 aromatic rings. The van der Waals surface area contributed by atoms with Crippen LogP contribution in [0.25, 0.3) is 0 Å². The fourth-order valence-electron chi connectivity index (χ4n) is 3.58. The number of hydrogen-bond acceptors (Lipinski definition) is 5. The summed E-state index contributed by atoms with van der Waals surface area (Å²) >= 11 is 0. The van der Waals surface area contributed by atoms with Gasteiger partial charge in [0.05, 0.1) is 19.6 Å². The highest BCUT2D eigenvalue weighted by molar-refractivity contribution is 5.96. The lowest BCUT2D eigenvalue weighted by atomic mass is 10.0. The SMILES string of the molecule is NCC(=O)NCC(=O)N1CCN(CC(=O)N2CCCc3ccccc32)CC1. The van der Waals surface area contributed by atoms with Gasteiger partial charge >= 0.3 is 0 Å². The maximum Gasteiger partial charge on any atom is 0.242 e. The summed E-state index contributed by atoms with van der Waals surface area (Å²) in [4.78, 5) is 41.8. The van der Waals surface area contributed by atoms with E-state index in [9.17, 15) is 14.4 Å². The molecular weight excluding hydrogens is 346 g/mol. The van der Waals surface area contributed by atoms with Crippen LogP contribution in [0.4, 0.5) is 5.69 Å². The van der Waals surface area contributed by atoms with Crippen molar-refractivity contribution in [1.82, 2.24) is 15.1 Å². The molecule has 0 radical (unpaired) electrons. The first-order chi connectivity index (χ1) is 13.1.